The van der Waals surface area contributed by atoms with Crippen molar-refractivity contribution in [3.8, 4) is 11.5 Å². The van der Waals surface area contributed by atoms with Gasteiger partial charge in [0, 0.05) is 18.2 Å². The van der Waals surface area contributed by atoms with Gasteiger partial charge in [0.05, 0.1) is 12.2 Å². The first kappa shape index (κ1) is 11.5. The van der Waals surface area contributed by atoms with Crippen molar-refractivity contribution in [3.05, 3.63) is 29.6 Å². The van der Waals surface area contributed by atoms with E-state index in [-0.39, 0.29) is 36.0 Å². The molecule has 2 aromatic rings. The second-order valence-electron chi connectivity index (χ2n) is 3.34. The maximum absolute atomic E-state index is 13.0. The Hall–Kier alpha value is -2.02. The Kier molecular flexibility index (Phi) is 3.01. The van der Waals surface area contributed by atoms with E-state index in [1.807, 2.05) is 0 Å². The van der Waals surface area contributed by atoms with Crippen LogP contribution >= 0.6 is 0 Å². The lowest BCUT2D eigenvalue weighted by Crippen LogP contribution is -1.96. The van der Waals surface area contributed by atoms with E-state index in [1.54, 1.807) is 0 Å². The molecular weight excluding hydrogens is 232 g/mol. The van der Waals surface area contributed by atoms with Gasteiger partial charge in [0.25, 0.3) is 5.89 Å². The lowest BCUT2D eigenvalue weighted by molar-refractivity contribution is 0.293. The molecule has 1 aromatic carbocycles. The molecule has 0 atom stereocenters. The topological polar surface area (TPSA) is 85.2 Å². The third-order valence-corrected chi connectivity index (χ3v) is 2.13. The normalized spacial score (nSPS) is 10.8. The highest BCUT2D eigenvalue weighted by Crippen LogP contribution is 2.26. The largest absolute Gasteiger partial charge is 0.398 e. The molecule has 0 unspecified atom stereocenters. The van der Waals surface area contributed by atoms with Crippen LogP contribution in [0.1, 0.15) is 5.82 Å². The van der Waals surface area contributed by atoms with Crippen LogP contribution in [0.25, 0.3) is 11.5 Å². The van der Waals surface area contributed by atoms with Gasteiger partial charge in [-0.1, -0.05) is 5.16 Å². The highest BCUT2D eigenvalue weighted by Gasteiger charge is 2.15. The van der Waals surface area contributed by atoms with Crippen LogP contribution in [-0.2, 0) is 6.42 Å². The van der Waals surface area contributed by atoms with Crippen molar-refractivity contribution in [3.63, 3.8) is 0 Å². The molecule has 0 saturated heterocycles. The number of nitrogens with zero attached hydrogens (tertiary/aromatic N) is 2. The summed E-state index contributed by atoms with van der Waals surface area (Å²) in [6, 6.07) is 1.74. The fraction of sp³-hybridized carbons (Fsp3) is 0.200. The molecule has 0 amide bonds. The summed E-state index contributed by atoms with van der Waals surface area (Å²) in [6.45, 7) is -0.133. The summed E-state index contributed by atoms with van der Waals surface area (Å²) < 4.78 is 30.7. The van der Waals surface area contributed by atoms with Crippen molar-refractivity contribution < 1.29 is 18.4 Å². The monoisotopic (exact) mass is 241 g/mol. The number of benzene rings is 1. The summed E-state index contributed by atoms with van der Waals surface area (Å²) in [5, 5.41) is 12.2. The average Bonchev–Trinajstić information content (AvgIpc) is 2.72. The molecule has 0 aliphatic carbocycles. The molecule has 3 N–H and O–H groups in total. The van der Waals surface area contributed by atoms with Gasteiger partial charge in [0.2, 0.25) is 0 Å². The zero-order valence-electron chi connectivity index (χ0n) is 8.65. The quantitative estimate of drug-likeness (QED) is 0.787. The van der Waals surface area contributed by atoms with E-state index in [0.29, 0.717) is 0 Å². The molecular formula is C10H9F2N3O2. The van der Waals surface area contributed by atoms with Gasteiger partial charge in [-0.25, -0.2) is 8.78 Å². The number of rotatable bonds is 3. The van der Waals surface area contributed by atoms with Gasteiger partial charge < -0.3 is 15.4 Å². The van der Waals surface area contributed by atoms with Crippen LogP contribution in [0.4, 0.5) is 14.5 Å². The number of hydrogen-bond donors (Lipinski definition) is 2. The molecule has 7 heteroatoms. The fourth-order valence-electron chi connectivity index (χ4n) is 1.31. The maximum atomic E-state index is 13.0. The molecule has 17 heavy (non-hydrogen) atoms. The Labute approximate surface area is 94.9 Å². The number of anilines is 1. The molecule has 0 saturated carbocycles. The number of halogens is 2. The standard InChI is InChI=1S/C10H9F2N3O2/c11-6-3-5(8(13)4-7(6)12)10-14-9(1-2-16)15-17-10/h3-4,16H,1-2,13H2. The van der Waals surface area contributed by atoms with Crippen LogP contribution in [0.2, 0.25) is 0 Å². The average molecular weight is 241 g/mol. The van der Waals surface area contributed by atoms with Gasteiger partial charge in [-0.3, -0.25) is 0 Å². The molecule has 0 radical (unpaired) electrons. The Bertz CT molecular complexity index is 542. The zero-order valence-corrected chi connectivity index (χ0v) is 8.65. The van der Waals surface area contributed by atoms with E-state index in [0.717, 1.165) is 12.1 Å². The molecule has 2 rings (SSSR count). The third-order valence-electron chi connectivity index (χ3n) is 2.13. The molecule has 0 fully saturated rings. The number of aliphatic hydroxyl groups excluding tert-OH is 1. The van der Waals surface area contributed by atoms with Gasteiger partial charge in [-0.05, 0) is 6.07 Å². The summed E-state index contributed by atoms with van der Waals surface area (Å²) in [5.74, 6) is -1.83. The lowest BCUT2D eigenvalue weighted by Gasteiger charge is -2.01. The maximum Gasteiger partial charge on any atom is 0.260 e. The Balaban J connectivity index is 2.41. The van der Waals surface area contributed by atoms with Crippen molar-refractivity contribution in [2.24, 2.45) is 0 Å². The van der Waals surface area contributed by atoms with E-state index >= 15 is 0 Å². The number of hydrogen-bond acceptors (Lipinski definition) is 5. The Morgan fingerprint density at radius 1 is 1.29 bits per heavy atom. The molecule has 0 aliphatic heterocycles. The molecule has 0 spiro atoms. The number of aliphatic hydroxyl groups is 1. The van der Waals surface area contributed by atoms with Gasteiger partial charge in [-0.2, -0.15) is 4.98 Å². The lowest BCUT2D eigenvalue weighted by atomic mass is 10.1. The first-order chi connectivity index (χ1) is 8.11. The Morgan fingerprint density at radius 3 is 2.71 bits per heavy atom. The summed E-state index contributed by atoms with van der Waals surface area (Å²) >= 11 is 0. The number of nitrogens with two attached hydrogens (primary N) is 1. The SMILES string of the molecule is Nc1cc(F)c(F)cc1-c1nc(CCO)no1. The van der Waals surface area contributed by atoms with E-state index in [2.05, 4.69) is 10.1 Å². The predicted molar refractivity (Wildman–Crippen MR) is 54.9 cm³/mol. The van der Waals surface area contributed by atoms with Crippen LogP contribution < -0.4 is 5.73 Å². The molecule has 5 nitrogen and oxygen atoms in total. The minimum absolute atomic E-state index is 0.00287. The van der Waals surface area contributed by atoms with Crippen LogP contribution in [0.15, 0.2) is 16.7 Å². The van der Waals surface area contributed by atoms with Crippen LogP contribution in [0, 0.1) is 11.6 Å². The first-order valence-electron chi connectivity index (χ1n) is 4.80. The minimum Gasteiger partial charge on any atom is -0.398 e. The van der Waals surface area contributed by atoms with Gasteiger partial charge in [0.15, 0.2) is 17.5 Å². The summed E-state index contributed by atoms with van der Waals surface area (Å²) in [4.78, 5) is 3.89. The molecule has 1 heterocycles. The van der Waals surface area contributed by atoms with Crippen molar-refractivity contribution in [2.75, 3.05) is 12.3 Å². The van der Waals surface area contributed by atoms with Gasteiger partial charge in [-0.15, -0.1) is 0 Å². The van der Waals surface area contributed by atoms with Crippen molar-refractivity contribution in [2.45, 2.75) is 6.42 Å². The van der Waals surface area contributed by atoms with Crippen LogP contribution in [-0.4, -0.2) is 21.9 Å². The smallest absolute Gasteiger partial charge is 0.260 e. The van der Waals surface area contributed by atoms with E-state index in [1.165, 1.54) is 0 Å². The summed E-state index contributed by atoms with van der Waals surface area (Å²) in [5.41, 5.74) is 5.65. The van der Waals surface area contributed by atoms with E-state index < -0.39 is 11.6 Å². The molecule has 0 bridgehead atoms. The van der Waals surface area contributed by atoms with Crippen molar-refractivity contribution >= 4 is 5.69 Å². The van der Waals surface area contributed by atoms with E-state index in [4.69, 9.17) is 15.4 Å². The van der Waals surface area contributed by atoms with Crippen LogP contribution in [0.3, 0.4) is 0 Å². The minimum atomic E-state index is -1.05. The second-order valence-corrected chi connectivity index (χ2v) is 3.34. The van der Waals surface area contributed by atoms with Gasteiger partial charge >= 0.3 is 0 Å². The van der Waals surface area contributed by atoms with Crippen LogP contribution in [0.5, 0.6) is 0 Å². The number of aromatic nitrogens is 2. The number of nitrogen functional groups attached to an aromatic ring is 1. The van der Waals surface area contributed by atoms with Crippen molar-refractivity contribution in [1.82, 2.24) is 10.1 Å². The summed E-state index contributed by atoms with van der Waals surface area (Å²) in [6.07, 6.45) is 0.215. The molecule has 0 aliphatic rings. The first-order valence-corrected chi connectivity index (χ1v) is 4.80. The van der Waals surface area contributed by atoms with Crippen molar-refractivity contribution in [1.29, 1.82) is 0 Å². The molecule has 1 aromatic heterocycles. The van der Waals surface area contributed by atoms with Gasteiger partial charge in [0.1, 0.15) is 0 Å². The Morgan fingerprint density at radius 2 is 2.00 bits per heavy atom. The van der Waals surface area contributed by atoms with E-state index in [9.17, 15) is 8.78 Å². The predicted octanol–water partition coefficient (Wildman–Crippen LogP) is 1.13. The molecule has 90 valence electrons. The summed E-state index contributed by atoms with van der Waals surface area (Å²) in [7, 11) is 0. The third kappa shape index (κ3) is 2.23. The highest BCUT2D eigenvalue weighted by molar-refractivity contribution is 5.70. The fourth-order valence-corrected chi connectivity index (χ4v) is 1.31. The zero-order chi connectivity index (χ0) is 12.4. The second kappa shape index (κ2) is 4.46. The highest BCUT2D eigenvalue weighted by atomic mass is 19.2.